The Hall–Kier alpha value is 0.270. The lowest BCUT2D eigenvalue weighted by atomic mass is 10.1. The van der Waals surface area contributed by atoms with E-state index in [4.69, 9.17) is 10.8 Å². The van der Waals surface area contributed by atoms with Crippen molar-refractivity contribution in [1.82, 2.24) is 0 Å². The molecule has 0 radical (unpaired) electrons. The fraction of sp³-hybridized carbons (Fsp3) is 1.00. The van der Waals surface area contributed by atoms with Crippen LogP contribution in [0.1, 0.15) is 33.1 Å². The Morgan fingerprint density at radius 3 is 2.50 bits per heavy atom. The molecule has 0 aromatic heterocycles. The van der Waals surface area contributed by atoms with Crippen molar-refractivity contribution in [2.75, 3.05) is 12.4 Å². The molecule has 0 aliphatic rings. The number of aliphatic hydroxyl groups is 1. The molecule has 2 unspecified atom stereocenters. The molecule has 0 heterocycles. The number of aliphatic hydroxyl groups excluding tert-OH is 1. The van der Waals surface area contributed by atoms with Crippen molar-refractivity contribution in [3.8, 4) is 0 Å². The molecule has 12 heavy (non-hydrogen) atoms. The predicted octanol–water partition coefficient (Wildman–Crippen LogP) is 1.62. The molecule has 0 spiro atoms. The van der Waals surface area contributed by atoms with Crippen LogP contribution in [0.5, 0.6) is 0 Å². The number of rotatable bonds is 7. The van der Waals surface area contributed by atoms with Gasteiger partial charge in [-0.1, -0.05) is 20.3 Å². The molecule has 0 rings (SSSR count). The van der Waals surface area contributed by atoms with Crippen LogP contribution in [0.4, 0.5) is 0 Å². The molecule has 0 bridgehead atoms. The molecule has 0 aromatic carbocycles. The predicted molar refractivity (Wildman–Crippen MR) is 56.5 cm³/mol. The third-order valence-electron chi connectivity index (χ3n) is 1.93. The lowest BCUT2D eigenvalue weighted by molar-refractivity contribution is 0.322. The van der Waals surface area contributed by atoms with E-state index in [1.165, 1.54) is 0 Å². The first-order valence-electron chi connectivity index (χ1n) is 4.74. The van der Waals surface area contributed by atoms with Gasteiger partial charge in [0.05, 0.1) is 6.61 Å². The maximum atomic E-state index is 8.66. The summed E-state index contributed by atoms with van der Waals surface area (Å²) in [5.74, 6) is 0.815. The summed E-state index contributed by atoms with van der Waals surface area (Å²) in [6.45, 7) is 4.58. The first kappa shape index (κ1) is 12.3. The second-order valence-electron chi connectivity index (χ2n) is 2.99. The first-order valence-corrected chi connectivity index (χ1v) is 5.79. The maximum absolute atomic E-state index is 8.66. The smallest absolute Gasteiger partial charge is 0.0521 e. The fourth-order valence-electron chi connectivity index (χ4n) is 1.27. The van der Waals surface area contributed by atoms with Crippen LogP contribution in [0.25, 0.3) is 0 Å². The van der Waals surface area contributed by atoms with Crippen LogP contribution in [-0.4, -0.2) is 28.8 Å². The van der Waals surface area contributed by atoms with Crippen molar-refractivity contribution in [3.05, 3.63) is 0 Å². The SMILES string of the molecule is CCCC(N)C(CC)SCCO. The zero-order valence-corrected chi connectivity index (χ0v) is 8.94. The average molecular weight is 191 g/mol. The highest BCUT2D eigenvalue weighted by atomic mass is 32.2. The summed E-state index contributed by atoms with van der Waals surface area (Å²) in [5.41, 5.74) is 5.98. The van der Waals surface area contributed by atoms with Gasteiger partial charge < -0.3 is 10.8 Å². The Balaban J connectivity index is 3.62. The summed E-state index contributed by atoms with van der Waals surface area (Å²) in [4.78, 5) is 0. The molecule has 0 aliphatic carbocycles. The Morgan fingerprint density at radius 2 is 2.08 bits per heavy atom. The molecule has 74 valence electrons. The number of nitrogens with two attached hydrogens (primary N) is 1. The summed E-state index contributed by atoms with van der Waals surface area (Å²) < 4.78 is 0. The van der Waals surface area contributed by atoms with E-state index in [0.29, 0.717) is 11.3 Å². The molecule has 0 fully saturated rings. The zero-order valence-electron chi connectivity index (χ0n) is 8.12. The Labute approximate surface area is 79.9 Å². The molecular formula is C9H21NOS. The Morgan fingerprint density at radius 1 is 1.42 bits per heavy atom. The van der Waals surface area contributed by atoms with Crippen LogP contribution in [0.15, 0.2) is 0 Å². The third-order valence-corrected chi connectivity index (χ3v) is 3.45. The highest BCUT2D eigenvalue weighted by molar-refractivity contribution is 7.99. The highest BCUT2D eigenvalue weighted by Crippen LogP contribution is 2.19. The van der Waals surface area contributed by atoms with Crippen molar-refractivity contribution in [2.45, 2.75) is 44.4 Å². The van der Waals surface area contributed by atoms with E-state index in [0.717, 1.165) is 25.0 Å². The Kier molecular flexibility index (Phi) is 8.07. The van der Waals surface area contributed by atoms with Gasteiger partial charge in [0, 0.05) is 17.0 Å². The van der Waals surface area contributed by atoms with E-state index in [-0.39, 0.29) is 6.61 Å². The maximum Gasteiger partial charge on any atom is 0.0521 e. The molecule has 2 atom stereocenters. The van der Waals surface area contributed by atoms with Gasteiger partial charge in [0.25, 0.3) is 0 Å². The summed E-state index contributed by atoms with van der Waals surface area (Å²) >= 11 is 1.79. The van der Waals surface area contributed by atoms with Gasteiger partial charge in [0.2, 0.25) is 0 Å². The van der Waals surface area contributed by atoms with Crippen LogP contribution in [0, 0.1) is 0 Å². The van der Waals surface area contributed by atoms with Crippen molar-refractivity contribution < 1.29 is 5.11 Å². The van der Waals surface area contributed by atoms with Crippen LogP contribution < -0.4 is 5.73 Å². The molecule has 0 aromatic rings. The van der Waals surface area contributed by atoms with Gasteiger partial charge in [-0.2, -0.15) is 11.8 Å². The normalized spacial score (nSPS) is 16.0. The van der Waals surface area contributed by atoms with Gasteiger partial charge in [0.15, 0.2) is 0 Å². The summed E-state index contributed by atoms with van der Waals surface area (Å²) in [6, 6.07) is 0.302. The van der Waals surface area contributed by atoms with Crippen molar-refractivity contribution in [3.63, 3.8) is 0 Å². The molecule has 0 amide bonds. The summed E-state index contributed by atoms with van der Waals surface area (Å²) in [6.07, 6.45) is 3.35. The van der Waals surface area contributed by atoms with E-state index in [1.807, 2.05) is 0 Å². The lowest BCUT2D eigenvalue weighted by Crippen LogP contribution is -2.32. The zero-order chi connectivity index (χ0) is 9.40. The van der Waals surface area contributed by atoms with Gasteiger partial charge >= 0.3 is 0 Å². The Bertz CT molecular complexity index is 101. The van der Waals surface area contributed by atoms with Crippen molar-refractivity contribution in [1.29, 1.82) is 0 Å². The van der Waals surface area contributed by atoms with E-state index >= 15 is 0 Å². The number of thioether (sulfide) groups is 1. The largest absolute Gasteiger partial charge is 0.396 e. The fourth-order valence-corrected chi connectivity index (χ4v) is 2.29. The number of hydrogen-bond acceptors (Lipinski definition) is 3. The molecule has 0 saturated carbocycles. The van der Waals surface area contributed by atoms with E-state index in [9.17, 15) is 0 Å². The van der Waals surface area contributed by atoms with Crippen molar-refractivity contribution in [2.24, 2.45) is 5.73 Å². The van der Waals surface area contributed by atoms with Gasteiger partial charge in [-0.25, -0.2) is 0 Å². The second-order valence-corrected chi connectivity index (χ2v) is 4.34. The minimum absolute atomic E-state index is 0.264. The van der Waals surface area contributed by atoms with Crippen LogP contribution in [0.3, 0.4) is 0 Å². The van der Waals surface area contributed by atoms with Crippen LogP contribution in [-0.2, 0) is 0 Å². The highest BCUT2D eigenvalue weighted by Gasteiger charge is 2.14. The quantitative estimate of drug-likeness (QED) is 0.643. The van der Waals surface area contributed by atoms with E-state index in [2.05, 4.69) is 13.8 Å². The van der Waals surface area contributed by atoms with Gasteiger partial charge in [0.1, 0.15) is 0 Å². The van der Waals surface area contributed by atoms with Gasteiger partial charge in [-0.15, -0.1) is 0 Å². The molecular weight excluding hydrogens is 170 g/mol. The standard InChI is InChI=1S/C9H21NOS/c1-3-5-8(10)9(4-2)12-7-6-11/h8-9,11H,3-7,10H2,1-2H3. The third kappa shape index (κ3) is 5.01. The topological polar surface area (TPSA) is 46.2 Å². The second kappa shape index (κ2) is 7.90. The molecule has 2 nitrogen and oxygen atoms in total. The average Bonchev–Trinajstić information content (AvgIpc) is 2.06. The minimum Gasteiger partial charge on any atom is -0.396 e. The number of hydrogen-bond donors (Lipinski definition) is 2. The van der Waals surface area contributed by atoms with E-state index in [1.54, 1.807) is 11.8 Å². The molecule has 3 N–H and O–H groups in total. The van der Waals surface area contributed by atoms with Gasteiger partial charge in [-0.05, 0) is 12.8 Å². The molecule has 3 heteroatoms. The van der Waals surface area contributed by atoms with Crippen molar-refractivity contribution >= 4 is 11.8 Å². The van der Waals surface area contributed by atoms with Crippen LogP contribution >= 0.6 is 11.8 Å². The first-order chi connectivity index (χ1) is 5.76. The van der Waals surface area contributed by atoms with Crippen LogP contribution in [0.2, 0.25) is 0 Å². The summed E-state index contributed by atoms with van der Waals surface area (Å²) in [5, 5.41) is 9.19. The van der Waals surface area contributed by atoms with Gasteiger partial charge in [-0.3, -0.25) is 0 Å². The minimum atomic E-state index is 0.264. The lowest BCUT2D eigenvalue weighted by Gasteiger charge is -2.21. The monoisotopic (exact) mass is 191 g/mol. The van der Waals surface area contributed by atoms with E-state index < -0.39 is 0 Å². The molecule has 0 aliphatic heterocycles. The summed E-state index contributed by atoms with van der Waals surface area (Å²) in [7, 11) is 0. The molecule has 0 saturated heterocycles.